The smallest absolute Gasteiger partial charge is 0.336 e. The predicted octanol–water partition coefficient (Wildman–Crippen LogP) is 4.34. The van der Waals surface area contributed by atoms with E-state index < -0.39 is 29.4 Å². The number of aliphatic hydroxyl groups is 1. The van der Waals surface area contributed by atoms with Crippen LogP contribution in [-0.2, 0) is 19.1 Å². The van der Waals surface area contributed by atoms with Gasteiger partial charge in [0.25, 0.3) is 0 Å². The lowest BCUT2D eigenvalue weighted by atomic mass is 9.66. The highest BCUT2D eigenvalue weighted by Gasteiger charge is 2.52. The molecule has 6 heteroatoms. The van der Waals surface area contributed by atoms with Crippen LogP contribution in [0.5, 0.6) is 0 Å². The van der Waals surface area contributed by atoms with Crippen molar-refractivity contribution in [3.05, 3.63) is 77.0 Å². The quantitative estimate of drug-likeness (QED) is 0.627. The third kappa shape index (κ3) is 5.02. The molecule has 3 rings (SSSR count). The highest BCUT2D eigenvalue weighted by atomic mass is 16.5. The predicted molar refractivity (Wildman–Crippen MR) is 123 cm³/mol. The van der Waals surface area contributed by atoms with Gasteiger partial charge in [-0.3, -0.25) is 4.79 Å². The normalized spacial score (nSPS) is 22.9. The Hall–Kier alpha value is -3.12. The number of rotatable bonds is 7. The van der Waals surface area contributed by atoms with Crippen molar-refractivity contribution < 1.29 is 24.2 Å². The number of aryl methyl sites for hydroxylation is 1. The van der Waals surface area contributed by atoms with Crippen LogP contribution in [0.4, 0.5) is 5.69 Å². The average molecular weight is 438 g/mol. The number of carbonyl (C=O) groups excluding carboxylic acids is 2. The van der Waals surface area contributed by atoms with E-state index in [4.69, 9.17) is 9.47 Å². The van der Waals surface area contributed by atoms with E-state index in [1.165, 1.54) is 0 Å². The van der Waals surface area contributed by atoms with Crippen molar-refractivity contribution in [2.24, 2.45) is 5.92 Å². The molecule has 0 bridgehead atoms. The van der Waals surface area contributed by atoms with Gasteiger partial charge in [0.2, 0.25) is 0 Å². The van der Waals surface area contributed by atoms with Crippen molar-refractivity contribution in [1.29, 1.82) is 0 Å². The molecule has 0 unspecified atom stereocenters. The summed E-state index contributed by atoms with van der Waals surface area (Å²) in [5.41, 5.74) is 2.04. The average Bonchev–Trinajstić information content (AvgIpc) is 2.75. The van der Waals surface area contributed by atoms with Gasteiger partial charge in [0, 0.05) is 23.7 Å². The van der Waals surface area contributed by atoms with E-state index in [2.05, 4.69) is 5.32 Å². The Balaban J connectivity index is 2.21. The molecule has 0 aliphatic heterocycles. The minimum absolute atomic E-state index is 0.0713. The van der Waals surface area contributed by atoms with Crippen LogP contribution in [0.25, 0.3) is 0 Å². The first-order chi connectivity index (χ1) is 15.3. The van der Waals surface area contributed by atoms with Crippen LogP contribution in [0.3, 0.4) is 0 Å². The lowest BCUT2D eigenvalue weighted by Crippen LogP contribution is -2.49. The summed E-state index contributed by atoms with van der Waals surface area (Å²) < 4.78 is 10.7. The number of esters is 2. The number of hydrogen-bond donors (Lipinski definition) is 2. The lowest BCUT2D eigenvalue weighted by Gasteiger charge is -2.43. The van der Waals surface area contributed by atoms with Crippen LogP contribution >= 0.6 is 0 Å². The molecule has 170 valence electrons. The zero-order valence-electron chi connectivity index (χ0n) is 19.1. The molecule has 2 aromatic carbocycles. The summed E-state index contributed by atoms with van der Waals surface area (Å²) in [6, 6.07) is 17.0. The minimum atomic E-state index is -1.45. The number of carbonyl (C=O) groups is 2. The lowest BCUT2D eigenvalue weighted by molar-refractivity contribution is -0.159. The summed E-state index contributed by atoms with van der Waals surface area (Å²) in [7, 11) is 0. The number of hydrogen-bond acceptors (Lipinski definition) is 6. The SMILES string of the molecule is CCOC(=O)C1=C(Nc2ccc(C)cc2)C[C@@](C)(O)[C@H](C(=O)OCC)[C@@H]1c1ccccc1. The minimum Gasteiger partial charge on any atom is -0.466 e. The van der Waals surface area contributed by atoms with Crippen molar-refractivity contribution in [3.63, 3.8) is 0 Å². The van der Waals surface area contributed by atoms with Crippen molar-refractivity contribution >= 4 is 17.6 Å². The van der Waals surface area contributed by atoms with E-state index in [1.807, 2.05) is 61.5 Å². The van der Waals surface area contributed by atoms with E-state index in [1.54, 1.807) is 20.8 Å². The molecule has 0 spiro atoms. The molecule has 32 heavy (non-hydrogen) atoms. The first kappa shape index (κ1) is 23.5. The Labute approximate surface area is 189 Å². The molecule has 2 N–H and O–H groups in total. The van der Waals surface area contributed by atoms with Gasteiger partial charge in [-0.1, -0.05) is 48.0 Å². The van der Waals surface area contributed by atoms with E-state index >= 15 is 0 Å². The molecular weight excluding hydrogens is 406 g/mol. The third-order valence-corrected chi connectivity index (χ3v) is 5.72. The van der Waals surface area contributed by atoms with E-state index in [-0.39, 0.29) is 19.6 Å². The zero-order chi connectivity index (χ0) is 23.3. The maximum atomic E-state index is 13.2. The summed E-state index contributed by atoms with van der Waals surface area (Å²) in [5.74, 6) is -2.75. The molecule has 0 amide bonds. The van der Waals surface area contributed by atoms with Gasteiger partial charge in [0.15, 0.2) is 0 Å². The van der Waals surface area contributed by atoms with Gasteiger partial charge < -0.3 is 19.9 Å². The van der Waals surface area contributed by atoms with Gasteiger partial charge in [-0.05, 0) is 45.4 Å². The van der Waals surface area contributed by atoms with Crippen molar-refractivity contribution in [2.75, 3.05) is 18.5 Å². The maximum absolute atomic E-state index is 13.2. The summed E-state index contributed by atoms with van der Waals surface area (Å²) in [6.07, 6.45) is 0.0713. The second-order valence-corrected chi connectivity index (χ2v) is 8.26. The van der Waals surface area contributed by atoms with E-state index in [9.17, 15) is 14.7 Å². The van der Waals surface area contributed by atoms with Crippen LogP contribution in [0, 0.1) is 12.8 Å². The molecule has 0 aromatic heterocycles. The van der Waals surface area contributed by atoms with Gasteiger partial charge in [-0.25, -0.2) is 4.79 Å². The summed E-state index contributed by atoms with van der Waals surface area (Å²) in [5, 5.41) is 14.8. The summed E-state index contributed by atoms with van der Waals surface area (Å²) in [6.45, 7) is 7.45. The fourth-order valence-corrected chi connectivity index (χ4v) is 4.30. The Morgan fingerprint density at radius 2 is 1.66 bits per heavy atom. The van der Waals surface area contributed by atoms with Crippen molar-refractivity contribution in [2.45, 2.75) is 45.6 Å². The molecule has 0 fully saturated rings. The van der Waals surface area contributed by atoms with Crippen molar-refractivity contribution in [1.82, 2.24) is 0 Å². The van der Waals surface area contributed by atoms with Crippen LogP contribution in [0.15, 0.2) is 65.9 Å². The van der Waals surface area contributed by atoms with Crippen LogP contribution in [0.1, 0.15) is 44.2 Å². The fourth-order valence-electron chi connectivity index (χ4n) is 4.30. The fraction of sp³-hybridized carbons (Fsp3) is 0.385. The van der Waals surface area contributed by atoms with Crippen molar-refractivity contribution in [3.8, 4) is 0 Å². The molecule has 0 saturated heterocycles. The van der Waals surface area contributed by atoms with E-state index in [0.717, 1.165) is 16.8 Å². The van der Waals surface area contributed by atoms with Gasteiger partial charge in [0.1, 0.15) is 0 Å². The van der Waals surface area contributed by atoms with Crippen LogP contribution in [0.2, 0.25) is 0 Å². The molecule has 3 atom stereocenters. The Bertz CT molecular complexity index is 979. The zero-order valence-corrected chi connectivity index (χ0v) is 19.1. The highest BCUT2D eigenvalue weighted by molar-refractivity contribution is 5.94. The second-order valence-electron chi connectivity index (χ2n) is 8.26. The molecule has 1 aliphatic rings. The second kappa shape index (κ2) is 10.0. The van der Waals surface area contributed by atoms with Gasteiger partial charge in [0.05, 0.1) is 30.3 Å². The van der Waals surface area contributed by atoms with Gasteiger partial charge in [-0.2, -0.15) is 0 Å². The Kier molecular flexibility index (Phi) is 7.36. The number of nitrogens with one attached hydrogen (secondary N) is 1. The maximum Gasteiger partial charge on any atom is 0.336 e. The first-order valence-corrected chi connectivity index (χ1v) is 11.0. The van der Waals surface area contributed by atoms with E-state index in [0.29, 0.717) is 11.3 Å². The molecule has 6 nitrogen and oxygen atoms in total. The van der Waals surface area contributed by atoms with Gasteiger partial charge >= 0.3 is 11.9 Å². The Morgan fingerprint density at radius 1 is 1.03 bits per heavy atom. The highest BCUT2D eigenvalue weighted by Crippen LogP contribution is 2.48. The number of benzene rings is 2. The first-order valence-electron chi connectivity index (χ1n) is 11.0. The largest absolute Gasteiger partial charge is 0.466 e. The molecule has 0 heterocycles. The summed E-state index contributed by atoms with van der Waals surface area (Å²) >= 11 is 0. The van der Waals surface area contributed by atoms with Gasteiger partial charge in [-0.15, -0.1) is 0 Å². The standard InChI is InChI=1S/C26H31NO5/c1-5-31-24(28)22-20(27-19-14-12-17(3)13-15-19)16-26(4,30)23(25(29)32-6-2)21(22)18-10-8-7-9-11-18/h7-15,21,23,27,30H,5-6,16H2,1-4H3/t21-,23+,26-/m1/s1. The molecule has 0 saturated carbocycles. The van der Waals surface area contributed by atoms with Crippen LogP contribution < -0.4 is 5.32 Å². The topological polar surface area (TPSA) is 84.9 Å². The molecule has 2 aromatic rings. The molecular formula is C26H31NO5. The summed E-state index contributed by atoms with van der Waals surface area (Å²) in [4.78, 5) is 26.3. The number of ether oxygens (including phenoxy) is 2. The molecule has 0 radical (unpaired) electrons. The molecule has 1 aliphatic carbocycles. The number of anilines is 1. The monoisotopic (exact) mass is 437 g/mol. The Morgan fingerprint density at radius 3 is 2.25 bits per heavy atom. The van der Waals surface area contributed by atoms with Crippen LogP contribution in [-0.4, -0.2) is 35.9 Å². The third-order valence-electron chi connectivity index (χ3n) is 5.72.